The lowest BCUT2D eigenvalue weighted by Crippen LogP contribution is -2.00. The van der Waals surface area contributed by atoms with Crippen molar-refractivity contribution < 1.29 is 0 Å². The van der Waals surface area contributed by atoms with Crippen LogP contribution in [-0.2, 0) is 19.3 Å². The van der Waals surface area contributed by atoms with Crippen molar-refractivity contribution in [2.75, 3.05) is 6.54 Å². The van der Waals surface area contributed by atoms with Gasteiger partial charge >= 0.3 is 0 Å². The molecule has 2 N–H and O–H groups in total. The monoisotopic (exact) mass is 250 g/mol. The molecular formula is C12H14N2S2. The minimum Gasteiger partial charge on any atom is -0.330 e. The number of nitrogens with two attached hydrogens (primary N) is 1. The van der Waals surface area contributed by atoms with Gasteiger partial charge in [-0.1, -0.05) is 0 Å². The number of rotatable bonds is 3. The second-order valence-corrected chi connectivity index (χ2v) is 6.20. The highest BCUT2D eigenvalue weighted by Gasteiger charge is 2.21. The highest BCUT2D eigenvalue weighted by molar-refractivity contribution is 7.12. The van der Waals surface area contributed by atoms with Gasteiger partial charge in [-0.3, -0.25) is 0 Å². The Morgan fingerprint density at radius 1 is 1.31 bits per heavy atom. The third kappa shape index (κ3) is 1.71. The van der Waals surface area contributed by atoms with Crippen molar-refractivity contribution in [2.45, 2.75) is 25.7 Å². The van der Waals surface area contributed by atoms with Crippen LogP contribution in [-0.4, -0.2) is 11.5 Å². The van der Waals surface area contributed by atoms with Crippen molar-refractivity contribution in [3.05, 3.63) is 26.2 Å². The molecule has 0 radical (unpaired) electrons. The summed E-state index contributed by atoms with van der Waals surface area (Å²) in [5, 5.41) is 3.44. The Balaban J connectivity index is 1.96. The van der Waals surface area contributed by atoms with Gasteiger partial charge in [0, 0.05) is 21.7 Å². The van der Waals surface area contributed by atoms with Crippen LogP contribution in [0.15, 0.2) is 11.4 Å². The molecule has 0 unspecified atom stereocenters. The van der Waals surface area contributed by atoms with E-state index < -0.39 is 0 Å². The Kier molecular flexibility index (Phi) is 2.79. The Bertz CT molecular complexity index is 499. The largest absolute Gasteiger partial charge is 0.330 e. The topological polar surface area (TPSA) is 38.9 Å². The molecule has 0 aliphatic heterocycles. The number of nitrogens with zero attached hydrogens (tertiary/aromatic N) is 1. The normalized spacial score (nSPS) is 13.6. The van der Waals surface area contributed by atoms with Crippen molar-refractivity contribution in [1.29, 1.82) is 0 Å². The van der Waals surface area contributed by atoms with Gasteiger partial charge in [0.15, 0.2) is 0 Å². The molecule has 0 spiro atoms. The number of hydrogen-bond donors (Lipinski definition) is 1. The van der Waals surface area contributed by atoms with E-state index in [9.17, 15) is 0 Å². The molecule has 1 aliphatic carbocycles. The molecule has 0 saturated carbocycles. The maximum absolute atomic E-state index is 5.54. The van der Waals surface area contributed by atoms with Gasteiger partial charge in [0.25, 0.3) is 0 Å². The van der Waals surface area contributed by atoms with Gasteiger partial charge in [-0.2, -0.15) is 0 Å². The fraction of sp³-hybridized carbons (Fsp3) is 0.417. The summed E-state index contributed by atoms with van der Waals surface area (Å²) in [6.45, 7) is 0.758. The quantitative estimate of drug-likeness (QED) is 0.909. The lowest BCUT2D eigenvalue weighted by molar-refractivity contribution is 0.826. The van der Waals surface area contributed by atoms with Gasteiger partial charge in [0.2, 0.25) is 0 Å². The summed E-state index contributed by atoms with van der Waals surface area (Å²) in [5.74, 6) is 0. The van der Waals surface area contributed by atoms with Crippen LogP contribution in [0.5, 0.6) is 0 Å². The predicted molar refractivity (Wildman–Crippen MR) is 70.2 cm³/mol. The first kappa shape index (κ1) is 10.4. The highest BCUT2D eigenvalue weighted by Crippen LogP contribution is 2.38. The van der Waals surface area contributed by atoms with Crippen molar-refractivity contribution in [3.63, 3.8) is 0 Å². The predicted octanol–water partition coefficient (Wildman–Crippen LogP) is 2.86. The van der Waals surface area contributed by atoms with Gasteiger partial charge in [0.1, 0.15) is 0 Å². The molecule has 0 aromatic carbocycles. The molecule has 2 heterocycles. The summed E-state index contributed by atoms with van der Waals surface area (Å²) in [6, 6.07) is 2.21. The summed E-state index contributed by atoms with van der Waals surface area (Å²) in [7, 11) is 0. The number of hydrogen-bond acceptors (Lipinski definition) is 4. The molecule has 0 fully saturated rings. The molecule has 0 amide bonds. The van der Waals surface area contributed by atoms with E-state index in [0.717, 1.165) is 19.4 Å². The van der Waals surface area contributed by atoms with E-state index in [1.54, 1.807) is 0 Å². The number of aromatic nitrogens is 1. The van der Waals surface area contributed by atoms with Crippen LogP contribution in [0, 0.1) is 0 Å². The molecule has 0 bridgehead atoms. The molecule has 2 aromatic heterocycles. The third-order valence-electron chi connectivity index (χ3n) is 2.92. The summed E-state index contributed by atoms with van der Waals surface area (Å²) in [5.41, 5.74) is 8.16. The third-order valence-corrected chi connectivity index (χ3v) is 5.07. The molecule has 16 heavy (non-hydrogen) atoms. The lowest BCUT2D eigenvalue weighted by atomic mass is 10.0. The summed E-state index contributed by atoms with van der Waals surface area (Å²) >= 11 is 3.74. The first-order chi connectivity index (χ1) is 7.88. The standard InChI is InChI=1S/C12H14N2S2/c13-6-1-2-11-14-12-8-5-7-15-9(8)3-4-10(12)16-11/h5,7H,1-4,6,13H2. The van der Waals surface area contributed by atoms with E-state index in [4.69, 9.17) is 10.7 Å². The van der Waals surface area contributed by atoms with Crippen LogP contribution in [0.3, 0.4) is 0 Å². The zero-order chi connectivity index (χ0) is 11.0. The molecule has 2 aromatic rings. The summed E-state index contributed by atoms with van der Waals surface area (Å²) < 4.78 is 0. The van der Waals surface area contributed by atoms with E-state index in [1.165, 1.54) is 38.9 Å². The van der Waals surface area contributed by atoms with Crippen LogP contribution >= 0.6 is 22.7 Å². The molecule has 2 nitrogen and oxygen atoms in total. The van der Waals surface area contributed by atoms with Crippen LogP contribution in [0.1, 0.15) is 21.2 Å². The number of thiazole rings is 1. The lowest BCUT2D eigenvalue weighted by Gasteiger charge is -2.09. The second kappa shape index (κ2) is 4.28. The SMILES string of the molecule is NCCCc1nc2c(s1)CCc1sccc1-2. The Hall–Kier alpha value is -0.710. The van der Waals surface area contributed by atoms with Crippen molar-refractivity contribution in [2.24, 2.45) is 5.73 Å². The minimum atomic E-state index is 0.758. The van der Waals surface area contributed by atoms with E-state index in [1.807, 2.05) is 22.7 Å². The Morgan fingerprint density at radius 2 is 2.19 bits per heavy atom. The van der Waals surface area contributed by atoms with Crippen molar-refractivity contribution >= 4 is 22.7 Å². The zero-order valence-corrected chi connectivity index (χ0v) is 10.7. The highest BCUT2D eigenvalue weighted by atomic mass is 32.1. The van der Waals surface area contributed by atoms with Crippen LogP contribution in [0.25, 0.3) is 11.3 Å². The molecule has 0 saturated heterocycles. The number of fused-ring (bicyclic) bond motifs is 3. The Labute approximate surface area is 103 Å². The fourth-order valence-electron chi connectivity index (χ4n) is 2.11. The maximum Gasteiger partial charge on any atom is 0.0935 e. The van der Waals surface area contributed by atoms with Crippen molar-refractivity contribution in [3.8, 4) is 11.3 Å². The summed E-state index contributed by atoms with van der Waals surface area (Å²) in [6.07, 6.45) is 4.44. The smallest absolute Gasteiger partial charge is 0.0935 e. The van der Waals surface area contributed by atoms with E-state index in [2.05, 4.69) is 11.4 Å². The Morgan fingerprint density at radius 3 is 3.06 bits per heavy atom. The molecule has 4 heteroatoms. The van der Waals surface area contributed by atoms with E-state index >= 15 is 0 Å². The first-order valence-electron chi connectivity index (χ1n) is 5.64. The maximum atomic E-state index is 5.54. The van der Waals surface area contributed by atoms with Crippen molar-refractivity contribution in [1.82, 2.24) is 4.98 Å². The van der Waals surface area contributed by atoms with Crippen LogP contribution in [0.2, 0.25) is 0 Å². The molecular weight excluding hydrogens is 236 g/mol. The average molecular weight is 250 g/mol. The van der Waals surface area contributed by atoms with Gasteiger partial charge in [0.05, 0.1) is 10.7 Å². The molecule has 3 rings (SSSR count). The van der Waals surface area contributed by atoms with E-state index in [0.29, 0.717) is 0 Å². The van der Waals surface area contributed by atoms with Gasteiger partial charge in [-0.05, 0) is 37.3 Å². The van der Waals surface area contributed by atoms with Gasteiger partial charge < -0.3 is 5.73 Å². The number of aryl methyl sites for hydroxylation is 3. The van der Waals surface area contributed by atoms with Gasteiger partial charge in [-0.25, -0.2) is 4.98 Å². The van der Waals surface area contributed by atoms with E-state index in [-0.39, 0.29) is 0 Å². The molecule has 0 atom stereocenters. The van der Waals surface area contributed by atoms with Gasteiger partial charge in [-0.15, -0.1) is 22.7 Å². The second-order valence-electron chi connectivity index (χ2n) is 4.03. The molecule has 1 aliphatic rings. The first-order valence-corrected chi connectivity index (χ1v) is 7.33. The van der Waals surface area contributed by atoms with Crippen LogP contribution < -0.4 is 5.73 Å². The number of thiophene rings is 1. The fourth-order valence-corrected chi connectivity index (χ4v) is 4.12. The minimum absolute atomic E-state index is 0.758. The summed E-state index contributed by atoms with van der Waals surface area (Å²) in [4.78, 5) is 7.74. The average Bonchev–Trinajstić information content (AvgIpc) is 2.90. The zero-order valence-electron chi connectivity index (χ0n) is 9.03. The molecule has 84 valence electrons. The van der Waals surface area contributed by atoms with Crippen LogP contribution in [0.4, 0.5) is 0 Å².